The first-order valence-electron chi connectivity index (χ1n) is 12.4. The highest BCUT2D eigenvalue weighted by atomic mass is 19.4. The van der Waals surface area contributed by atoms with Crippen LogP contribution in [-0.4, -0.2) is 41.1 Å². The van der Waals surface area contributed by atoms with Gasteiger partial charge in [-0.25, -0.2) is 9.78 Å². The highest BCUT2D eigenvalue weighted by Crippen LogP contribution is 2.36. The number of benzene rings is 2. The van der Waals surface area contributed by atoms with E-state index < -0.39 is 42.2 Å². The molecule has 0 aliphatic heterocycles. The van der Waals surface area contributed by atoms with Gasteiger partial charge < -0.3 is 23.5 Å². The molecule has 2 aromatic heterocycles. The maximum atomic E-state index is 13.2. The summed E-state index contributed by atoms with van der Waals surface area (Å²) in [7, 11) is 0. The van der Waals surface area contributed by atoms with E-state index in [0.29, 0.717) is 11.7 Å². The molecule has 0 atom stereocenters. The zero-order valence-electron chi connectivity index (χ0n) is 22.0. The minimum Gasteiger partial charge on any atom is -0.466 e. The molecule has 4 rings (SSSR count). The van der Waals surface area contributed by atoms with E-state index in [1.54, 1.807) is 13.8 Å². The van der Waals surface area contributed by atoms with Crippen molar-refractivity contribution in [3.8, 4) is 23.1 Å². The second-order valence-corrected chi connectivity index (χ2v) is 8.56. The van der Waals surface area contributed by atoms with Crippen LogP contribution in [0.5, 0.6) is 17.4 Å². The first-order chi connectivity index (χ1) is 19.8. The van der Waals surface area contributed by atoms with Crippen LogP contribution >= 0.6 is 0 Å². The third kappa shape index (κ3) is 6.93. The molecule has 0 spiro atoms. The van der Waals surface area contributed by atoms with E-state index in [-0.39, 0.29) is 47.2 Å². The average molecular weight is 596 g/mol. The number of halogens is 6. The number of hydrogen-bond donors (Lipinski definition) is 0. The van der Waals surface area contributed by atoms with Crippen molar-refractivity contribution in [1.82, 2.24) is 9.55 Å². The van der Waals surface area contributed by atoms with Gasteiger partial charge in [-0.2, -0.15) is 13.2 Å². The van der Waals surface area contributed by atoms with Gasteiger partial charge in [-0.1, -0.05) is 0 Å². The predicted molar refractivity (Wildman–Crippen MR) is 136 cm³/mol. The van der Waals surface area contributed by atoms with Crippen LogP contribution in [0.2, 0.25) is 0 Å². The topological polar surface area (TPSA) is 88.9 Å². The summed E-state index contributed by atoms with van der Waals surface area (Å²) in [5.41, 5.74) is -0.267. The number of carbonyl (C=O) groups is 2. The van der Waals surface area contributed by atoms with Crippen molar-refractivity contribution in [1.29, 1.82) is 0 Å². The normalized spacial score (nSPS) is 11.8. The maximum Gasteiger partial charge on any atom is 0.573 e. The predicted octanol–water partition coefficient (Wildman–Crippen LogP) is 7.02. The zero-order valence-corrected chi connectivity index (χ0v) is 22.0. The fourth-order valence-electron chi connectivity index (χ4n) is 4.15. The Morgan fingerprint density at radius 3 is 2.10 bits per heavy atom. The number of alkyl halides is 6. The quantitative estimate of drug-likeness (QED) is 0.152. The first-order valence-corrected chi connectivity index (χ1v) is 12.4. The van der Waals surface area contributed by atoms with E-state index in [1.807, 2.05) is 0 Å². The molecule has 8 nitrogen and oxygen atoms in total. The Kier molecular flexibility index (Phi) is 8.64. The third-order valence-corrected chi connectivity index (χ3v) is 5.75. The van der Waals surface area contributed by atoms with Gasteiger partial charge in [0.15, 0.2) is 0 Å². The summed E-state index contributed by atoms with van der Waals surface area (Å²) in [5, 5.41) is 0.229. The van der Waals surface area contributed by atoms with Gasteiger partial charge in [0.1, 0.15) is 11.5 Å². The summed E-state index contributed by atoms with van der Waals surface area (Å²) < 4.78 is 98.1. The Morgan fingerprint density at radius 1 is 0.857 bits per heavy atom. The first kappa shape index (κ1) is 30.2. The highest BCUT2D eigenvalue weighted by Gasteiger charge is 2.32. The second kappa shape index (κ2) is 12.0. The molecule has 222 valence electrons. The molecule has 2 heterocycles. The van der Waals surface area contributed by atoms with Crippen molar-refractivity contribution in [3.63, 3.8) is 0 Å². The van der Waals surface area contributed by atoms with Crippen molar-refractivity contribution in [2.75, 3.05) is 13.2 Å². The van der Waals surface area contributed by atoms with Gasteiger partial charge >= 0.3 is 24.5 Å². The van der Waals surface area contributed by atoms with Crippen LogP contribution in [0.15, 0.2) is 60.8 Å². The monoisotopic (exact) mass is 596 g/mol. The molecule has 0 bridgehead atoms. The van der Waals surface area contributed by atoms with Gasteiger partial charge in [0.2, 0.25) is 5.88 Å². The molecule has 4 aromatic rings. The van der Waals surface area contributed by atoms with Crippen molar-refractivity contribution >= 4 is 22.8 Å². The number of ether oxygens (including phenoxy) is 4. The van der Waals surface area contributed by atoms with Gasteiger partial charge in [-0.15, -0.1) is 13.2 Å². The molecule has 0 aliphatic carbocycles. The average Bonchev–Trinajstić information content (AvgIpc) is 3.21. The number of carbonyl (C=O) groups excluding carboxylic acids is 2. The lowest BCUT2D eigenvalue weighted by molar-refractivity contribution is -0.274. The maximum absolute atomic E-state index is 13.2. The Balaban J connectivity index is 1.86. The largest absolute Gasteiger partial charge is 0.573 e. The zero-order chi connectivity index (χ0) is 30.7. The molecule has 0 N–H and O–H groups in total. The van der Waals surface area contributed by atoms with Crippen LogP contribution in [0.3, 0.4) is 0 Å². The molecule has 0 radical (unpaired) electrons. The third-order valence-electron chi connectivity index (χ3n) is 5.75. The minimum atomic E-state index is -4.91. The molecule has 0 amide bonds. The fourth-order valence-corrected chi connectivity index (χ4v) is 4.15. The lowest BCUT2D eigenvalue weighted by atomic mass is 10.1. The Morgan fingerprint density at radius 2 is 1.52 bits per heavy atom. The van der Waals surface area contributed by atoms with Crippen LogP contribution in [-0.2, 0) is 26.9 Å². The number of nitrogens with zero attached hydrogens (tertiary/aromatic N) is 2. The lowest BCUT2D eigenvalue weighted by Crippen LogP contribution is -2.17. The highest BCUT2D eigenvalue weighted by molar-refractivity contribution is 6.07. The number of fused-ring (bicyclic) bond motifs is 1. The molecule has 0 saturated heterocycles. The fraction of sp³-hybridized carbons (Fsp3) is 0.250. The van der Waals surface area contributed by atoms with E-state index in [0.717, 1.165) is 24.3 Å². The molecule has 0 aliphatic rings. The summed E-state index contributed by atoms with van der Waals surface area (Å²) in [4.78, 5) is 29.4. The van der Waals surface area contributed by atoms with E-state index in [4.69, 9.17) is 14.2 Å². The molecule has 0 saturated carbocycles. The van der Waals surface area contributed by atoms with E-state index >= 15 is 0 Å². The van der Waals surface area contributed by atoms with Crippen LogP contribution in [0.1, 0.15) is 35.5 Å². The van der Waals surface area contributed by atoms with E-state index in [2.05, 4.69) is 9.72 Å². The van der Waals surface area contributed by atoms with Gasteiger partial charge in [0, 0.05) is 29.0 Å². The van der Waals surface area contributed by atoms with Gasteiger partial charge in [0.25, 0.3) is 0 Å². The lowest BCUT2D eigenvalue weighted by Gasteiger charge is -2.14. The minimum absolute atomic E-state index is 0.0144. The van der Waals surface area contributed by atoms with Crippen LogP contribution < -0.4 is 9.47 Å². The Labute approximate surface area is 234 Å². The molecule has 0 fully saturated rings. The smallest absolute Gasteiger partial charge is 0.466 e. The molecular weight excluding hydrogens is 574 g/mol. The second-order valence-electron chi connectivity index (χ2n) is 8.56. The SMILES string of the molecule is CCOC(=O)Cc1c(C(=O)OCC)c2cc(Oc3ccc(C(F)(F)F)cn3)ccc2n1-c1ccc(OC(F)(F)F)cc1. The summed E-state index contributed by atoms with van der Waals surface area (Å²) in [6.07, 6.45) is -9.30. The van der Waals surface area contributed by atoms with Crippen LogP contribution in [0, 0.1) is 0 Å². The molecular formula is C28H22F6N2O6. The molecule has 42 heavy (non-hydrogen) atoms. The number of aromatic nitrogens is 2. The summed E-state index contributed by atoms with van der Waals surface area (Å²) in [6.45, 7) is 3.21. The number of pyridine rings is 1. The van der Waals surface area contributed by atoms with E-state index in [9.17, 15) is 35.9 Å². The van der Waals surface area contributed by atoms with Crippen LogP contribution in [0.4, 0.5) is 26.3 Å². The van der Waals surface area contributed by atoms with Crippen molar-refractivity contribution in [2.45, 2.75) is 32.8 Å². The van der Waals surface area contributed by atoms with Crippen molar-refractivity contribution in [2.24, 2.45) is 0 Å². The Hall–Kier alpha value is -4.75. The standard InChI is InChI=1S/C28H22F6N2O6/c1-3-39-24(37)14-22-25(26(38)40-4-2)20-13-19(41-23-12-5-16(15-35-23)27(29,30)31)10-11-21(20)36(22)17-6-8-18(9-7-17)42-28(32,33)34/h5-13,15H,3-4,14H2,1-2H3. The van der Waals surface area contributed by atoms with Crippen LogP contribution in [0.25, 0.3) is 16.6 Å². The number of hydrogen-bond acceptors (Lipinski definition) is 7. The summed E-state index contributed by atoms with van der Waals surface area (Å²) in [6, 6.07) is 10.9. The number of esters is 2. The molecule has 2 aromatic carbocycles. The molecule has 14 heteroatoms. The van der Waals surface area contributed by atoms with Gasteiger partial charge in [-0.05, 0) is 62.4 Å². The van der Waals surface area contributed by atoms with E-state index in [1.165, 1.54) is 34.9 Å². The van der Waals surface area contributed by atoms with Crippen molar-refractivity contribution in [3.05, 3.63) is 77.6 Å². The van der Waals surface area contributed by atoms with Gasteiger partial charge in [0.05, 0.1) is 36.3 Å². The molecule has 0 unspecified atom stereocenters. The van der Waals surface area contributed by atoms with Crippen molar-refractivity contribution < 1.29 is 54.9 Å². The number of rotatable bonds is 9. The summed E-state index contributed by atoms with van der Waals surface area (Å²) >= 11 is 0. The van der Waals surface area contributed by atoms with Gasteiger partial charge in [-0.3, -0.25) is 4.79 Å². The summed E-state index contributed by atoms with van der Waals surface area (Å²) in [5.74, 6) is -2.04. The Bertz CT molecular complexity index is 1580.